The fourth-order valence-electron chi connectivity index (χ4n) is 3.87. The molecule has 2 atom stereocenters. The van der Waals surface area contributed by atoms with Crippen LogP contribution in [-0.4, -0.2) is 26.7 Å². The van der Waals surface area contributed by atoms with Gasteiger partial charge in [-0.2, -0.15) is 0 Å². The second kappa shape index (κ2) is 8.69. The third-order valence-electron chi connectivity index (χ3n) is 5.48. The molecule has 3 aromatic rings. The zero-order chi connectivity index (χ0) is 24.0. The smallest absolute Gasteiger partial charge is 0.371 e. The third kappa shape index (κ3) is 3.91. The van der Waals surface area contributed by atoms with Crippen molar-refractivity contribution in [2.75, 3.05) is 14.2 Å². The number of hydrogen-bond acceptors (Lipinski definition) is 6. The molecule has 0 unspecified atom stereocenters. The van der Waals surface area contributed by atoms with Gasteiger partial charge < -0.3 is 14.0 Å². The molecule has 3 aromatic carbocycles. The standard InChI is InChI=1S/C23H23ClNO6PS/c1-15-8-11-18(12-9-15)33(27,28)25-16(2)19-14-17(24)10-13-20(19)31-32(25,26)23-21(29-3)6-5-7-22(23)30-4/h5-14,16H,1-4H3/t16-,32-/m1/s1. The Bertz CT molecular complexity index is 1340. The average Bonchev–Trinajstić information content (AvgIpc) is 2.79. The molecular formula is C23H23ClNO6PS. The molecule has 174 valence electrons. The summed E-state index contributed by atoms with van der Waals surface area (Å²) in [6, 6.07) is 15.1. The van der Waals surface area contributed by atoms with Crippen molar-refractivity contribution in [3.05, 3.63) is 76.8 Å². The lowest BCUT2D eigenvalue weighted by molar-refractivity contribution is 0.357. The lowest BCUT2D eigenvalue weighted by Crippen LogP contribution is -2.39. The number of benzene rings is 3. The summed E-state index contributed by atoms with van der Waals surface area (Å²) in [6.07, 6.45) is 0. The first-order valence-electron chi connectivity index (χ1n) is 10.1. The molecule has 1 heterocycles. The average molecular weight is 508 g/mol. The van der Waals surface area contributed by atoms with E-state index < -0.39 is 23.6 Å². The highest BCUT2D eigenvalue weighted by atomic mass is 35.5. The lowest BCUT2D eigenvalue weighted by Gasteiger charge is -2.40. The number of halogens is 1. The second-order valence-corrected chi connectivity index (χ2v) is 12.2. The summed E-state index contributed by atoms with van der Waals surface area (Å²) in [7, 11) is -5.82. The summed E-state index contributed by atoms with van der Waals surface area (Å²) in [4.78, 5) is -0.0110. The minimum absolute atomic E-state index is 0.0110. The highest BCUT2D eigenvalue weighted by Gasteiger charge is 2.54. The Morgan fingerprint density at radius 3 is 2.18 bits per heavy atom. The van der Waals surface area contributed by atoms with Gasteiger partial charge in [0.1, 0.15) is 22.6 Å². The van der Waals surface area contributed by atoms with Crippen LogP contribution in [0.3, 0.4) is 0 Å². The van der Waals surface area contributed by atoms with Crippen LogP contribution in [0.5, 0.6) is 17.2 Å². The van der Waals surface area contributed by atoms with Crippen LogP contribution in [-0.2, 0) is 14.6 Å². The Hall–Kier alpha value is -2.51. The maximum absolute atomic E-state index is 14.8. The van der Waals surface area contributed by atoms with Crippen molar-refractivity contribution in [3.8, 4) is 17.2 Å². The molecule has 4 rings (SSSR count). The van der Waals surface area contributed by atoms with Crippen molar-refractivity contribution in [2.24, 2.45) is 0 Å². The summed E-state index contributed by atoms with van der Waals surface area (Å²) < 4.78 is 60.6. The predicted octanol–water partition coefficient (Wildman–Crippen LogP) is 5.33. The Morgan fingerprint density at radius 2 is 1.61 bits per heavy atom. The first kappa shape index (κ1) is 23.6. The summed E-state index contributed by atoms with van der Waals surface area (Å²) in [5.41, 5.74) is 1.39. The van der Waals surface area contributed by atoms with E-state index in [1.165, 1.54) is 26.4 Å². The number of fused-ring (bicyclic) bond motifs is 1. The van der Waals surface area contributed by atoms with Crippen LogP contribution in [0.15, 0.2) is 65.6 Å². The Kier molecular flexibility index (Phi) is 6.22. The number of sulfonamides is 1. The van der Waals surface area contributed by atoms with E-state index in [1.54, 1.807) is 55.5 Å². The minimum atomic E-state index is -4.33. The van der Waals surface area contributed by atoms with E-state index in [4.69, 9.17) is 25.6 Å². The van der Waals surface area contributed by atoms with E-state index >= 15 is 0 Å². The van der Waals surface area contributed by atoms with Gasteiger partial charge >= 0.3 is 7.52 Å². The van der Waals surface area contributed by atoms with Gasteiger partial charge in [0, 0.05) is 10.6 Å². The van der Waals surface area contributed by atoms with Gasteiger partial charge in [-0.1, -0.05) is 35.4 Å². The summed E-state index contributed by atoms with van der Waals surface area (Å²) in [5.74, 6) is 0.649. The molecule has 0 fully saturated rings. The van der Waals surface area contributed by atoms with Gasteiger partial charge in [-0.3, -0.25) is 4.57 Å². The predicted molar refractivity (Wildman–Crippen MR) is 127 cm³/mol. The number of ether oxygens (including phenoxy) is 2. The van der Waals surface area contributed by atoms with Crippen LogP contribution >= 0.6 is 19.1 Å². The molecule has 0 saturated carbocycles. The van der Waals surface area contributed by atoms with Gasteiger partial charge in [0.05, 0.1) is 25.2 Å². The number of nitrogens with zero attached hydrogens (tertiary/aromatic N) is 1. The molecule has 0 aromatic heterocycles. The van der Waals surface area contributed by atoms with Gasteiger partial charge in [-0.05, 0) is 56.3 Å². The first-order valence-corrected chi connectivity index (χ1v) is 13.4. The van der Waals surface area contributed by atoms with Gasteiger partial charge in [0.15, 0.2) is 0 Å². The van der Waals surface area contributed by atoms with Gasteiger partial charge in [-0.25, -0.2) is 8.42 Å². The quantitative estimate of drug-likeness (QED) is 0.434. The monoisotopic (exact) mass is 507 g/mol. The summed E-state index contributed by atoms with van der Waals surface area (Å²) in [6.45, 7) is 3.50. The van der Waals surface area contributed by atoms with Crippen LogP contribution in [0, 0.1) is 6.92 Å². The van der Waals surface area contributed by atoms with Crippen LogP contribution < -0.4 is 19.3 Å². The van der Waals surface area contributed by atoms with Crippen molar-refractivity contribution in [2.45, 2.75) is 24.8 Å². The molecule has 7 nitrogen and oxygen atoms in total. The van der Waals surface area contributed by atoms with Crippen molar-refractivity contribution >= 4 is 34.4 Å². The maximum Gasteiger partial charge on any atom is 0.371 e. The lowest BCUT2D eigenvalue weighted by atomic mass is 10.1. The van der Waals surface area contributed by atoms with Crippen LogP contribution in [0.25, 0.3) is 0 Å². The van der Waals surface area contributed by atoms with E-state index in [0.717, 1.165) is 9.64 Å². The highest BCUT2D eigenvalue weighted by molar-refractivity contribution is 7.96. The number of methoxy groups -OCH3 is 2. The molecule has 0 amide bonds. The zero-order valence-electron chi connectivity index (χ0n) is 18.5. The normalized spacial score (nSPS) is 20.6. The number of rotatable bonds is 5. The SMILES string of the molecule is COc1cccc(OC)c1[P@@]1(=O)Oc2ccc(Cl)cc2[C@@H](C)N1S(=O)(=O)c1ccc(C)cc1. The molecule has 0 N–H and O–H groups in total. The van der Waals surface area contributed by atoms with E-state index in [9.17, 15) is 13.0 Å². The topological polar surface area (TPSA) is 82.1 Å². The molecule has 1 aliphatic rings. The second-order valence-electron chi connectivity index (χ2n) is 7.57. The highest BCUT2D eigenvalue weighted by Crippen LogP contribution is 2.63. The van der Waals surface area contributed by atoms with E-state index in [-0.39, 0.29) is 27.4 Å². The van der Waals surface area contributed by atoms with Gasteiger partial charge in [-0.15, -0.1) is 4.08 Å². The third-order valence-corrected chi connectivity index (χ3v) is 11.0. The molecule has 0 radical (unpaired) electrons. The van der Waals surface area contributed by atoms with Gasteiger partial charge in [0.2, 0.25) is 0 Å². The summed E-state index contributed by atoms with van der Waals surface area (Å²) >= 11 is 6.19. The van der Waals surface area contributed by atoms with Crippen molar-refractivity contribution in [1.82, 2.24) is 4.08 Å². The Labute approximate surface area is 198 Å². The maximum atomic E-state index is 14.8. The van der Waals surface area contributed by atoms with E-state index in [0.29, 0.717) is 10.6 Å². The van der Waals surface area contributed by atoms with Crippen LogP contribution in [0.4, 0.5) is 0 Å². The van der Waals surface area contributed by atoms with Crippen molar-refractivity contribution < 1.29 is 27.0 Å². The molecule has 1 aliphatic heterocycles. The first-order chi connectivity index (χ1) is 15.6. The molecule has 0 saturated heterocycles. The van der Waals surface area contributed by atoms with Gasteiger partial charge in [0.25, 0.3) is 10.0 Å². The fraction of sp³-hybridized carbons (Fsp3) is 0.217. The molecule has 0 spiro atoms. The Morgan fingerprint density at radius 1 is 1.00 bits per heavy atom. The fourth-order valence-corrected chi connectivity index (χ4v) is 9.31. The largest absolute Gasteiger partial charge is 0.496 e. The molecule has 0 aliphatic carbocycles. The van der Waals surface area contributed by atoms with E-state index in [2.05, 4.69) is 0 Å². The summed E-state index contributed by atoms with van der Waals surface area (Å²) in [5, 5.41) is 0.432. The molecule has 10 heteroatoms. The number of hydrogen-bond donors (Lipinski definition) is 0. The van der Waals surface area contributed by atoms with Crippen molar-refractivity contribution in [1.29, 1.82) is 0 Å². The number of aryl methyl sites for hydroxylation is 1. The zero-order valence-corrected chi connectivity index (χ0v) is 20.9. The van der Waals surface area contributed by atoms with E-state index in [1.807, 2.05) is 6.92 Å². The minimum Gasteiger partial charge on any atom is -0.496 e. The molecular weight excluding hydrogens is 485 g/mol. The van der Waals surface area contributed by atoms with Crippen LogP contribution in [0.1, 0.15) is 24.1 Å². The van der Waals surface area contributed by atoms with Crippen molar-refractivity contribution in [3.63, 3.8) is 0 Å². The molecule has 0 bridgehead atoms. The van der Waals surface area contributed by atoms with Crippen LogP contribution in [0.2, 0.25) is 5.02 Å². The Balaban J connectivity index is 2.05. The molecule has 33 heavy (non-hydrogen) atoms.